The van der Waals surface area contributed by atoms with Crippen LogP contribution in [0.3, 0.4) is 0 Å². The Hall–Kier alpha value is -2.31. The number of nitrogens with one attached hydrogen (secondary N) is 1. The molecule has 1 unspecified atom stereocenters. The molecule has 1 fully saturated rings. The van der Waals surface area contributed by atoms with E-state index in [1.165, 1.54) is 6.07 Å². The number of para-hydroxylation sites is 2. The van der Waals surface area contributed by atoms with E-state index in [9.17, 15) is 9.18 Å². The summed E-state index contributed by atoms with van der Waals surface area (Å²) in [4.78, 5) is 14.4. The lowest BCUT2D eigenvalue weighted by Crippen LogP contribution is -2.44. The van der Waals surface area contributed by atoms with E-state index in [0.29, 0.717) is 47.8 Å². The molecule has 2 aliphatic rings. The summed E-state index contributed by atoms with van der Waals surface area (Å²) in [6.45, 7) is 1.25. The minimum atomic E-state index is -0.343. The van der Waals surface area contributed by atoms with Gasteiger partial charge in [-0.2, -0.15) is 0 Å². The van der Waals surface area contributed by atoms with Crippen LogP contribution in [0.25, 0.3) is 0 Å². The fourth-order valence-corrected chi connectivity index (χ4v) is 3.49. The molecule has 1 atom stereocenters. The third-order valence-electron chi connectivity index (χ3n) is 4.93. The zero-order valence-corrected chi connectivity index (χ0v) is 16.1. The highest BCUT2D eigenvalue weighted by Crippen LogP contribution is 2.31. The van der Waals surface area contributed by atoms with Crippen LogP contribution in [0.5, 0.6) is 11.5 Å². The van der Waals surface area contributed by atoms with Crippen LogP contribution in [0.1, 0.15) is 18.4 Å². The summed E-state index contributed by atoms with van der Waals surface area (Å²) in [6.07, 6.45) is 1.78. The maximum atomic E-state index is 14.1. The molecule has 0 radical (unpaired) electrons. The molecule has 1 saturated carbocycles. The summed E-state index contributed by atoms with van der Waals surface area (Å²) in [5.74, 6) is 0.931. The summed E-state index contributed by atoms with van der Waals surface area (Å²) < 4.78 is 25.6. The molecule has 28 heavy (non-hydrogen) atoms. The predicted molar refractivity (Wildman–Crippen MR) is 104 cm³/mol. The fourth-order valence-electron chi connectivity index (χ4n) is 3.27. The van der Waals surface area contributed by atoms with Gasteiger partial charge >= 0.3 is 0 Å². The smallest absolute Gasteiger partial charge is 0.234 e. The number of amides is 1. The van der Waals surface area contributed by atoms with Gasteiger partial charge in [0, 0.05) is 23.2 Å². The molecule has 2 aromatic carbocycles. The Labute approximate surface area is 168 Å². The highest BCUT2D eigenvalue weighted by molar-refractivity contribution is 6.31. The maximum Gasteiger partial charge on any atom is 0.234 e. The Kier molecular flexibility index (Phi) is 5.69. The Morgan fingerprint density at radius 1 is 1.18 bits per heavy atom. The van der Waals surface area contributed by atoms with E-state index in [-0.39, 0.29) is 24.4 Å². The lowest BCUT2D eigenvalue weighted by atomic mass is 10.2. The molecule has 0 bridgehead atoms. The lowest BCUT2D eigenvalue weighted by Gasteiger charge is -2.27. The first-order valence-corrected chi connectivity index (χ1v) is 9.80. The van der Waals surface area contributed by atoms with Crippen molar-refractivity contribution < 1.29 is 18.7 Å². The number of carbonyl (C=O) groups excluding carboxylic acids is 1. The van der Waals surface area contributed by atoms with Crippen LogP contribution in [0.4, 0.5) is 4.39 Å². The van der Waals surface area contributed by atoms with Crippen LogP contribution in [0.2, 0.25) is 5.02 Å². The molecule has 0 aromatic heterocycles. The Bertz CT molecular complexity index is 839. The monoisotopic (exact) mass is 404 g/mol. The normalized spacial score (nSPS) is 18.2. The van der Waals surface area contributed by atoms with Gasteiger partial charge in [0.05, 0.1) is 13.1 Å². The number of carbonyl (C=O) groups is 1. The molecule has 4 rings (SSSR count). The van der Waals surface area contributed by atoms with Crippen LogP contribution in [0, 0.1) is 5.82 Å². The number of nitrogens with zero attached hydrogens (tertiary/aromatic N) is 1. The van der Waals surface area contributed by atoms with Crippen LogP contribution in [-0.2, 0) is 11.3 Å². The van der Waals surface area contributed by atoms with E-state index in [0.717, 1.165) is 12.8 Å². The SMILES string of the molecule is O=C(CN(Cc1c(F)cccc1Cl)C1CC1)NCC1COc2ccccc2O1. The topological polar surface area (TPSA) is 50.8 Å². The number of rotatable bonds is 7. The number of fused-ring (bicyclic) bond motifs is 1. The molecule has 5 nitrogen and oxygen atoms in total. The number of hydrogen-bond donors (Lipinski definition) is 1. The lowest BCUT2D eigenvalue weighted by molar-refractivity contribution is -0.123. The predicted octanol–water partition coefficient (Wildman–Crippen LogP) is 3.40. The van der Waals surface area contributed by atoms with Gasteiger partial charge in [-0.25, -0.2) is 4.39 Å². The van der Waals surface area contributed by atoms with Gasteiger partial charge in [0.25, 0.3) is 0 Å². The summed E-state index contributed by atoms with van der Waals surface area (Å²) in [7, 11) is 0. The molecule has 2 aromatic rings. The van der Waals surface area contributed by atoms with E-state index in [1.54, 1.807) is 12.1 Å². The molecule has 1 amide bonds. The summed E-state index contributed by atoms with van der Waals surface area (Å²) in [6, 6.07) is 12.4. The number of ether oxygens (including phenoxy) is 2. The van der Waals surface area contributed by atoms with Gasteiger partial charge in [-0.15, -0.1) is 0 Å². The van der Waals surface area contributed by atoms with Gasteiger partial charge in [0.2, 0.25) is 5.91 Å². The van der Waals surface area contributed by atoms with Crippen molar-refractivity contribution in [3.05, 3.63) is 58.9 Å². The van der Waals surface area contributed by atoms with Gasteiger partial charge in [-0.1, -0.05) is 29.8 Å². The Morgan fingerprint density at radius 2 is 1.96 bits per heavy atom. The van der Waals surface area contributed by atoms with Gasteiger partial charge in [0.1, 0.15) is 18.5 Å². The van der Waals surface area contributed by atoms with E-state index >= 15 is 0 Å². The van der Waals surface area contributed by atoms with Crippen molar-refractivity contribution in [2.75, 3.05) is 19.7 Å². The zero-order valence-electron chi connectivity index (χ0n) is 15.4. The molecule has 7 heteroatoms. The molecular weight excluding hydrogens is 383 g/mol. The van der Waals surface area contributed by atoms with E-state index in [1.807, 2.05) is 29.2 Å². The quantitative estimate of drug-likeness (QED) is 0.768. The first kappa shape index (κ1) is 19.0. The zero-order chi connectivity index (χ0) is 19.5. The van der Waals surface area contributed by atoms with E-state index in [4.69, 9.17) is 21.1 Å². The number of hydrogen-bond acceptors (Lipinski definition) is 4. The van der Waals surface area contributed by atoms with Crippen molar-refractivity contribution in [1.82, 2.24) is 10.2 Å². The van der Waals surface area contributed by atoms with Gasteiger partial charge in [-0.3, -0.25) is 9.69 Å². The number of halogens is 2. The molecule has 1 aliphatic carbocycles. The maximum absolute atomic E-state index is 14.1. The molecular formula is C21H22ClFN2O3. The molecule has 0 spiro atoms. The van der Waals surface area contributed by atoms with E-state index < -0.39 is 0 Å². The average Bonchev–Trinajstić information content (AvgIpc) is 3.53. The van der Waals surface area contributed by atoms with Gasteiger partial charge in [-0.05, 0) is 37.1 Å². The summed E-state index contributed by atoms with van der Waals surface area (Å²) in [5.41, 5.74) is 0.435. The summed E-state index contributed by atoms with van der Waals surface area (Å²) in [5, 5.41) is 3.29. The molecule has 1 aliphatic heterocycles. The number of benzene rings is 2. The molecule has 1 N–H and O–H groups in total. The first-order chi connectivity index (χ1) is 13.6. The van der Waals surface area contributed by atoms with Crippen molar-refractivity contribution in [2.24, 2.45) is 0 Å². The van der Waals surface area contributed by atoms with Crippen molar-refractivity contribution >= 4 is 17.5 Å². The van der Waals surface area contributed by atoms with Crippen molar-refractivity contribution in [1.29, 1.82) is 0 Å². The first-order valence-electron chi connectivity index (χ1n) is 9.42. The molecule has 148 valence electrons. The van der Waals surface area contributed by atoms with E-state index in [2.05, 4.69) is 5.32 Å². The van der Waals surface area contributed by atoms with Crippen LogP contribution < -0.4 is 14.8 Å². The van der Waals surface area contributed by atoms with Crippen molar-refractivity contribution in [3.8, 4) is 11.5 Å². The van der Waals surface area contributed by atoms with Gasteiger partial charge < -0.3 is 14.8 Å². The highest BCUT2D eigenvalue weighted by atomic mass is 35.5. The highest BCUT2D eigenvalue weighted by Gasteiger charge is 2.31. The molecule has 0 saturated heterocycles. The van der Waals surface area contributed by atoms with Crippen molar-refractivity contribution in [2.45, 2.75) is 31.5 Å². The standard InChI is InChI=1S/C21H22ClFN2O3/c22-17-4-3-5-18(23)16(17)11-25(14-8-9-14)12-21(26)24-10-15-13-27-19-6-1-2-7-20(19)28-15/h1-7,14-15H,8-13H2,(H,24,26). The third-order valence-corrected chi connectivity index (χ3v) is 5.28. The van der Waals surface area contributed by atoms with Gasteiger partial charge in [0.15, 0.2) is 11.5 Å². The van der Waals surface area contributed by atoms with Crippen LogP contribution in [-0.4, -0.2) is 42.6 Å². The largest absolute Gasteiger partial charge is 0.486 e. The third kappa shape index (κ3) is 4.56. The van der Waals surface area contributed by atoms with Crippen LogP contribution in [0.15, 0.2) is 42.5 Å². The average molecular weight is 405 g/mol. The minimum absolute atomic E-state index is 0.123. The minimum Gasteiger partial charge on any atom is -0.486 e. The Balaban J connectivity index is 1.31. The molecule has 1 heterocycles. The van der Waals surface area contributed by atoms with Crippen LogP contribution >= 0.6 is 11.6 Å². The Morgan fingerprint density at radius 3 is 2.71 bits per heavy atom. The summed E-state index contributed by atoms with van der Waals surface area (Å²) >= 11 is 6.14. The second-order valence-electron chi connectivity index (χ2n) is 7.14. The second-order valence-corrected chi connectivity index (χ2v) is 7.55. The second kappa shape index (κ2) is 8.37. The fraction of sp³-hybridized carbons (Fsp3) is 0.381. The van der Waals surface area contributed by atoms with Crippen molar-refractivity contribution in [3.63, 3.8) is 0 Å².